The lowest BCUT2D eigenvalue weighted by molar-refractivity contribution is -0.143. The maximum Gasteiger partial charge on any atom is 0.310 e. The van der Waals surface area contributed by atoms with Crippen LogP contribution in [-0.4, -0.2) is 52.6 Å². The van der Waals surface area contributed by atoms with Gasteiger partial charge in [0.25, 0.3) is 0 Å². The number of carboxylic acids is 1. The Hall–Kier alpha value is -1.47. The monoisotopic (exact) mass is 241 g/mol. The van der Waals surface area contributed by atoms with Crippen LogP contribution in [0.15, 0.2) is 4.63 Å². The Balaban J connectivity index is 2.02. The van der Waals surface area contributed by atoms with Crippen LogP contribution in [0.5, 0.6) is 0 Å². The number of hydrogen-bond acceptors (Lipinski definition) is 6. The molecule has 2 unspecified atom stereocenters. The number of ether oxygens (including phenoxy) is 1. The Morgan fingerprint density at radius 1 is 1.53 bits per heavy atom. The lowest BCUT2D eigenvalue weighted by Gasteiger charge is -2.25. The van der Waals surface area contributed by atoms with Gasteiger partial charge in [-0.15, -0.1) is 0 Å². The van der Waals surface area contributed by atoms with Gasteiger partial charge in [0.1, 0.15) is 11.4 Å². The molecule has 0 spiro atoms. The molecule has 1 aliphatic rings. The fourth-order valence-electron chi connectivity index (χ4n) is 1.96. The van der Waals surface area contributed by atoms with Crippen LogP contribution >= 0.6 is 0 Å². The molecule has 2 rings (SSSR count). The number of likely N-dealkylation sites (N-methyl/N-ethyl adjacent to an activating group) is 1. The van der Waals surface area contributed by atoms with Gasteiger partial charge in [0.2, 0.25) is 0 Å². The third kappa shape index (κ3) is 2.45. The summed E-state index contributed by atoms with van der Waals surface area (Å²) in [6, 6.07) is -0.136. The summed E-state index contributed by atoms with van der Waals surface area (Å²) in [6.07, 6.45) is 0. The minimum Gasteiger partial charge on any atom is -0.481 e. The Bertz CT molecular complexity index is 406. The number of nitrogens with zero attached hydrogens (tertiary/aromatic N) is 3. The second-order valence-electron chi connectivity index (χ2n) is 4.26. The van der Waals surface area contributed by atoms with Crippen LogP contribution in [0, 0.1) is 12.8 Å². The van der Waals surface area contributed by atoms with Crippen molar-refractivity contribution < 1.29 is 19.3 Å². The second-order valence-corrected chi connectivity index (χ2v) is 4.26. The van der Waals surface area contributed by atoms with Gasteiger partial charge >= 0.3 is 5.97 Å². The van der Waals surface area contributed by atoms with Crippen molar-refractivity contribution >= 4 is 5.97 Å². The Morgan fingerprint density at radius 2 is 2.29 bits per heavy atom. The first kappa shape index (κ1) is 12.0. The lowest BCUT2D eigenvalue weighted by Crippen LogP contribution is -2.40. The lowest BCUT2D eigenvalue weighted by atomic mass is 10.0. The van der Waals surface area contributed by atoms with E-state index in [4.69, 9.17) is 9.84 Å². The van der Waals surface area contributed by atoms with E-state index in [1.165, 1.54) is 0 Å². The number of aromatic nitrogens is 2. The third-order valence-electron chi connectivity index (χ3n) is 3.08. The molecule has 1 fully saturated rings. The van der Waals surface area contributed by atoms with E-state index in [9.17, 15) is 4.79 Å². The largest absolute Gasteiger partial charge is 0.481 e. The first-order valence-corrected chi connectivity index (χ1v) is 5.38. The van der Waals surface area contributed by atoms with E-state index in [0.29, 0.717) is 13.2 Å². The summed E-state index contributed by atoms with van der Waals surface area (Å²) >= 11 is 0. The van der Waals surface area contributed by atoms with Crippen molar-refractivity contribution in [3.8, 4) is 0 Å². The molecule has 2 heterocycles. The van der Waals surface area contributed by atoms with Crippen LogP contribution in [0.3, 0.4) is 0 Å². The number of aryl methyl sites for hydroxylation is 1. The summed E-state index contributed by atoms with van der Waals surface area (Å²) in [5, 5.41) is 16.5. The van der Waals surface area contributed by atoms with Crippen molar-refractivity contribution in [3.63, 3.8) is 0 Å². The van der Waals surface area contributed by atoms with Gasteiger partial charge in [-0.2, -0.15) is 0 Å². The quantitative estimate of drug-likeness (QED) is 0.787. The molecule has 2 atom stereocenters. The number of hydrogen-bond donors (Lipinski definition) is 1. The summed E-state index contributed by atoms with van der Waals surface area (Å²) < 4.78 is 9.83. The first-order valence-electron chi connectivity index (χ1n) is 5.38. The zero-order valence-corrected chi connectivity index (χ0v) is 9.79. The molecule has 0 saturated carbocycles. The molecule has 1 aromatic heterocycles. The summed E-state index contributed by atoms with van der Waals surface area (Å²) in [5.41, 5.74) is 1.45. The fraction of sp³-hybridized carbons (Fsp3) is 0.700. The standard InChI is InChI=1S/C10H15N3O4/c1-6-8(12-17-11-6)3-13(2)9-5-16-4-7(9)10(14)15/h7,9H,3-5H2,1-2H3,(H,14,15). The van der Waals surface area contributed by atoms with Crippen LogP contribution < -0.4 is 0 Å². The van der Waals surface area contributed by atoms with Crippen LogP contribution in [0.2, 0.25) is 0 Å². The van der Waals surface area contributed by atoms with Gasteiger partial charge in [0.15, 0.2) is 0 Å². The number of carbonyl (C=O) groups is 1. The molecule has 94 valence electrons. The molecule has 1 N–H and O–H groups in total. The summed E-state index contributed by atoms with van der Waals surface area (Å²) in [7, 11) is 1.85. The van der Waals surface area contributed by atoms with Crippen molar-refractivity contribution in [2.75, 3.05) is 20.3 Å². The molecule has 1 aliphatic heterocycles. The maximum absolute atomic E-state index is 11.0. The molecule has 1 aromatic rings. The number of rotatable bonds is 4. The Kier molecular flexibility index (Phi) is 3.39. The average molecular weight is 241 g/mol. The van der Waals surface area contributed by atoms with Gasteiger partial charge < -0.3 is 9.84 Å². The van der Waals surface area contributed by atoms with Crippen molar-refractivity contribution in [1.29, 1.82) is 0 Å². The molecule has 1 saturated heterocycles. The van der Waals surface area contributed by atoms with Crippen LogP contribution in [0.4, 0.5) is 0 Å². The molecule has 0 radical (unpaired) electrons. The van der Waals surface area contributed by atoms with E-state index >= 15 is 0 Å². The normalized spacial score (nSPS) is 24.4. The second kappa shape index (κ2) is 4.80. The van der Waals surface area contributed by atoms with Gasteiger partial charge in [0.05, 0.1) is 19.1 Å². The summed E-state index contributed by atoms with van der Waals surface area (Å²) in [6.45, 7) is 3.00. The Labute approximate surface area is 98.3 Å². The third-order valence-corrected chi connectivity index (χ3v) is 3.08. The SMILES string of the molecule is Cc1nonc1CN(C)C1COCC1C(=O)O. The molecule has 17 heavy (non-hydrogen) atoms. The van der Waals surface area contributed by atoms with Gasteiger partial charge in [-0.1, -0.05) is 10.3 Å². The van der Waals surface area contributed by atoms with E-state index in [1.54, 1.807) is 6.92 Å². The molecule has 0 amide bonds. The smallest absolute Gasteiger partial charge is 0.310 e. The summed E-state index contributed by atoms with van der Waals surface area (Å²) in [4.78, 5) is 12.9. The van der Waals surface area contributed by atoms with E-state index in [0.717, 1.165) is 11.4 Å². The topological polar surface area (TPSA) is 88.7 Å². The molecule has 7 heteroatoms. The minimum absolute atomic E-state index is 0.136. The van der Waals surface area contributed by atoms with Gasteiger partial charge in [0, 0.05) is 12.6 Å². The van der Waals surface area contributed by atoms with Crippen LogP contribution in [-0.2, 0) is 16.1 Å². The highest BCUT2D eigenvalue weighted by Gasteiger charge is 2.36. The molecule has 0 aromatic carbocycles. The number of aliphatic carboxylic acids is 1. The molecule has 7 nitrogen and oxygen atoms in total. The molecular formula is C10H15N3O4. The highest BCUT2D eigenvalue weighted by atomic mass is 16.6. The van der Waals surface area contributed by atoms with E-state index in [2.05, 4.69) is 14.9 Å². The van der Waals surface area contributed by atoms with Gasteiger partial charge in [-0.3, -0.25) is 9.69 Å². The number of carboxylic acid groups (broad SMARTS) is 1. The molecular weight excluding hydrogens is 226 g/mol. The average Bonchev–Trinajstić information content (AvgIpc) is 2.87. The molecule has 0 bridgehead atoms. The van der Waals surface area contributed by atoms with Crippen molar-refractivity contribution in [2.24, 2.45) is 5.92 Å². The Morgan fingerprint density at radius 3 is 2.88 bits per heavy atom. The van der Waals surface area contributed by atoms with Crippen LogP contribution in [0.1, 0.15) is 11.4 Å². The predicted molar refractivity (Wildman–Crippen MR) is 56.2 cm³/mol. The van der Waals surface area contributed by atoms with Gasteiger partial charge in [-0.25, -0.2) is 4.63 Å². The van der Waals surface area contributed by atoms with Crippen molar-refractivity contribution in [1.82, 2.24) is 15.2 Å². The highest BCUT2D eigenvalue weighted by Crippen LogP contribution is 2.20. The van der Waals surface area contributed by atoms with Crippen molar-refractivity contribution in [2.45, 2.75) is 19.5 Å². The zero-order chi connectivity index (χ0) is 12.4. The fourth-order valence-corrected chi connectivity index (χ4v) is 1.96. The maximum atomic E-state index is 11.0. The summed E-state index contributed by atoms with van der Waals surface area (Å²) in [5.74, 6) is -1.31. The van der Waals surface area contributed by atoms with E-state index in [-0.39, 0.29) is 12.6 Å². The highest BCUT2D eigenvalue weighted by molar-refractivity contribution is 5.71. The minimum atomic E-state index is -0.825. The first-order chi connectivity index (χ1) is 8.09. The zero-order valence-electron chi connectivity index (χ0n) is 9.79. The van der Waals surface area contributed by atoms with E-state index in [1.807, 2.05) is 11.9 Å². The van der Waals surface area contributed by atoms with Crippen LogP contribution in [0.25, 0.3) is 0 Å². The van der Waals surface area contributed by atoms with Gasteiger partial charge in [-0.05, 0) is 14.0 Å². The predicted octanol–water partition coefficient (Wildman–Crippen LogP) is -0.0906. The van der Waals surface area contributed by atoms with E-state index < -0.39 is 11.9 Å². The van der Waals surface area contributed by atoms with Crippen molar-refractivity contribution in [3.05, 3.63) is 11.4 Å². The molecule has 0 aliphatic carbocycles.